The Labute approximate surface area is 109 Å². The number of hydrogen-bond acceptors (Lipinski definition) is 5. The van der Waals surface area contributed by atoms with Gasteiger partial charge in [-0.1, -0.05) is 23.4 Å². The molecular weight excluding hydrogens is 244 g/mol. The molecule has 0 unspecified atom stereocenters. The van der Waals surface area contributed by atoms with Gasteiger partial charge in [-0.15, -0.1) is 0 Å². The highest BCUT2D eigenvalue weighted by Gasteiger charge is 2.21. The Balaban J connectivity index is 2.23. The largest absolute Gasteiger partial charge is 0.496 e. The number of nitrogen functional groups attached to an aromatic ring is 1. The van der Waals surface area contributed by atoms with E-state index in [-0.39, 0.29) is 0 Å². The van der Waals surface area contributed by atoms with E-state index in [0.29, 0.717) is 28.7 Å². The van der Waals surface area contributed by atoms with Crippen molar-refractivity contribution in [1.82, 2.24) is 5.16 Å². The number of nitrogens with two attached hydrogens (primary N) is 1. The van der Waals surface area contributed by atoms with Gasteiger partial charge in [0.15, 0.2) is 11.6 Å². The minimum absolute atomic E-state index is 0.302. The van der Waals surface area contributed by atoms with Gasteiger partial charge in [0, 0.05) is 5.56 Å². The molecule has 19 heavy (non-hydrogen) atoms. The first kappa shape index (κ1) is 11.4. The lowest BCUT2D eigenvalue weighted by Crippen LogP contribution is -1.92. The molecule has 1 aromatic carbocycles. The Morgan fingerprint density at radius 1 is 1.16 bits per heavy atom. The minimum Gasteiger partial charge on any atom is -0.496 e. The van der Waals surface area contributed by atoms with E-state index in [4.69, 9.17) is 19.4 Å². The molecule has 0 radical (unpaired) electrons. The van der Waals surface area contributed by atoms with Gasteiger partial charge in [-0.25, -0.2) is 0 Å². The van der Waals surface area contributed by atoms with Crippen LogP contribution in [0.1, 0.15) is 0 Å². The molecule has 0 amide bonds. The molecule has 96 valence electrons. The van der Waals surface area contributed by atoms with E-state index in [0.717, 1.165) is 5.56 Å². The summed E-state index contributed by atoms with van der Waals surface area (Å²) in [7, 11) is 1.61. The molecule has 2 N–H and O–H groups in total. The van der Waals surface area contributed by atoms with Gasteiger partial charge in [-0.2, -0.15) is 0 Å². The van der Waals surface area contributed by atoms with Gasteiger partial charge >= 0.3 is 0 Å². The molecule has 0 saturated carbocycles. The number of nitrogens with zero attached hydrogens (tertiary/aromatic N) is 1. The van der Waals surface area contributed by atoms with Crippen molar-refractivity contribution >= 4 is 5.82 Å². The molecule has 0 atom stereocenters. The van der Waals surface area contributed by atoms with Crippen LogP contribution in [0, 0.1) is 0 Å². The molecule has 0 spiro atoms. The predicted octanol–water partition coefficient (Wildman–Crippen LogP) is 3.19. The van der Waals surface area contributed by atoms with Crippen LogP contribution < -0.4 is 10.5 Å². The van der Waals surface area contributed by atoms with Crippen LogP contribution in [0.25, 0.3) is 22.6 Å². The van der Waals surface area contributed by atoms with Crippen molar-refractivity contribution in [2.75, 3.05) is 12.8 Å². The average Bonchev–Trinajstić information content (AvgIpc) is 3.07. The fourth-order valence-corrected chi connectivity index (χ4v) is 1.99. The zero-order valence-electron chi connectivity index (χ0n) is 10.3. The molecule has 2 heterocycles. The van der Waals surface area contributed by atoms with E-state index in [2.05, 4.69) is 5.16 Å². The fourth-order valence-electron chi connectivity index (χ4n) is 1.99. The molecule has 0 bridgehead atoms. The van der Waals surface area contributed by atoms with Crippen molar-refractivity contribution in [3.05, 3.63) is 42.7 Å². The number of aromatic nitrogens is 1. The number of ether oxygens (including phenoxy) is 1. The number of hydrogen-bond donors (Lipinski definition) is 1. The summed E-state index contributed by atoms with van der Waals surface area (Å²) in [6.45, 7) is 0. The molecular formula is C14H12N2O3. The Hall–Kier alpha value is -2.69. The van der Waals surface area contributed by atoms with Crippen LogP contribution in [0.4, 0.5) is 5.82 Å². The van der Waals surface area contributed by atoms with Crippen molar-refractivity contribution in [1.29, 1.82) is 0 Å². The summed E-state index contributed by atoms with van der Waals surface area (Å²) in [5.41, 5.74) is 7.39. The molecule has 5 nitrogen and oxygen atoms in total. The molecule has 0 saturated heterocycles. The summed E-state index contributed by atoms with van der Waals surface area (Å²) in [5.74, 6) is 2.07. The summed E-state index contributed by atoms with van der Waals surface area (Å²) in [4.78, 5) is 0. The first-order valence-corrected chi connectivity index (χ1v) is 5.73. The standard InChI is InChI=1S/C14H12N2O3/c1-17-10-6-3-2-5-9(10)12-13(19-16-14(12)15)11-7-4-8-18-11/h2-8H,1H3,(H2,15,16). The quantitative estimate of drug-likeness (QED) is 0.778. The molecule has 3 aromatic rings. The Kier molecular flexibility index (Phi) is 2.72. The van der Waals surface area contributed by atoms with E-state index in [9.17, 15) is 0 Å². The van der Waals surface area contributed by atoms with E-state index < -0.39 is 0 Å². The molecule has 0 aliphatic carbocycles. The van der Waals surface area contributed by atoms with Gasteiger partial charge in [-0.3, -0.25) is 0 Å². The second-order valence-corrected chi connectivity index (χ2v) is 3.95. The van der Waals surface area contributed by atoms with Crippen LogP contribution >= 0.6 is 0 Å². The highest BCUT2D eigenvalue weighted by molar-refractivity contribution is 5.87. The van der Waals surface area contributed by atoms with Crippen LogP contribution in [0.2, 0.25) is 0 Å². The number of anilines is 1. The maximum atomic E-state index is 5.90. The topological polar surface area (TPSA) is 74.4 Å². The summed E-state index contributed by atoms with van der Waals surface area (Å²) >= 11 is 0. The second-order valence-electron chi connectivity index (χ2n) is 3.95. The minimum atomic E-state index is 0.302. The van der Waals surface area contributed by atoms with Gasteiger partial charge < -0.3 is 19.4 Å². The summed E-state index contributed by atoms with van der Waals surface area (Å²) < 4.78 is 15.9. The molecule has 0 fully saturated rings. The lowest BCUT2D eigenvalue weighted by molar-refractivity contribution is 0.415. The van der Waals surface area contributed by atoms with Crippen molar-refractivity contribution in [2.45, 2.75) is 0 Å². The van der Waals surface area contributed by atoms with Gasteiger partial charge in [0.1, 0.15) is 5.75 Å². The Bertz CT molecular complexity index is 687. The summed E-state index contributed by atoms with van der Waals surface area (Å²) in [6, 6.07) is 11.1. The molecule has 2 aromatic heterocycles. The monoisotopic (exact) mass is 256 g/mol. The first-order chi connectivity index (χ1) is 9.31. The van der Waals surface area contributed by atoms with Crippen LogP contribution in [0.5, 0.6) is 5.75 Å². The SMILES string of the molecule is COc1ccccc1-c1c(N)noc1-c1ccco1. The van der Waals surface area contributed by atoms with Crippen LogP contribution in [-0.2, 0) is 0 Å². The van der Waals surface area contributed by atoms with E-state index >= 15 is 0 Å². The smallest absolute Gasteiger partial charge is 0.212 e. The Morgan fingerprint density at radius 2 is 2.00 bits per heavy atom. The first-order valence-electron chi connectivity index (χ1n) is 5.73. The van der Waals surface area contributed by atoms with Gasteiger partial charge in [0.2, 0.25) is 5.76 Å². The van der Waals surface area contributed by atoms with Crippen LogP contribution in [0.15, 0.2) is 51.6 Å². The number of para-hydroxylation sites is 1. The third-order valence-corrected chi connectivity index (χ3v) is 2.84. The highest BCUT2D eigenvalue weighted by Crippen LogP contribution is 2.40. The second kappa shape index (κ2) is 4.53. The number of furan rings is 1. The summed E-state index contributed by atoms with van der Waals surface area (Å²) in [5, 5.41) is 3.81. The van der Waals surface area contributed by atoms with E-state index in [1.165, 1.54) is 0 Å². The molecule has 0 aliphatic rings. The molecule has 5 heteroatoms. The highest BCUT2D eigenvalue weighted by atomic mass is 16.5. The van der Waals surface area contributed by atoms with Gasteiger partial charge in [-0.05, 0) is 18.2 Å². The van der Waals surface area contributed by atoms with Crippen LogP contribution in [-0.4, -0.2) is 12.3 Å². The van der Waals surface area contributed by atoms with Crippen molar-refractivity contribution < 1.29 is 13.7 Å². The van der Waals surface area contributed by atoms with Crippen molar-refractivity contribution in [2.24, 2.45) is 0 Å². The zero-order chi connectivity index (χ0) is 13.2. The third-order valence-electron chi connectivity index (χ3n) is 2.84. The molecule has 3 rings (SSSR count). The Morgan fingerprint density at radius 3 is 2.74 bits per heavy atom. The lowest BCUT2D eigenvalue weighted by atomic mass is 10.0. The summed E-state index contributed by atoms with van der Waals surface area (Å²) in [6.07, 6.45) is 1.57. The maximum Gasteiger partial charge on any atom is 0.212 e. The van der Waals surface area contributed by atoms with Crippen molar-refractivity contribution in [3.63, 3.8) is 0 Å². The van der Waals surface area contributed by atoms with E-state index in [1.807, 2.05) is 24.3 Å². The normalized spacial score (nSPS) is 10.6. The van der Waals surface area contributed by atoms with Gasteiger partial charge in [0.05, 0.1) is 18.9 Å². The maximum absolute atomic E-state index is 5.90. The molecule has 0 aliphatic heterocycles. The third kappa shape index (κ3) is 1.85. The average molecular weight is 256 g/mol. The number of benzene rings is 1. The van der Waals surface area contributed by atoms with Crippen molar-refractivity contribution in [3.8, 4) is 28.4 Å². The lowest BCUT2D eigenvalue weighted by Gasteiger charge is -2.07. The fraction of sp³-hybridized carbons (Fsp3) is 0.0714. The van der Waals surface area contributed by atoms with Gasteiger partial charge in [0.25, 0.3) is 0 Å². The number of rotatable bonds is 3. The van der Waals surface area contributed by atoms with Crippen LogP contribution in [0.3, 0.4) is 0 Å². The predicted molar refractivity (Wildman–Crippen MR) is 70.6 cm³/mol. The zero-order valence-corrected chi connectivity index (χ0v) is 10.3. The number of methoxy groups -OCH3 is 1. The van der Waals surface area contributed by atoms with E-state index in [1.54, 1.807) is 25.5 Å².